The van der Waals surface area contributed by atoms with Crippen LogP contribution in [0, 0.1) is 0 Å². The van der Waals surface area contributed by atoms with Gasteiger partial charge in [-0.1, -0.05) is 12.1 Å². The van der Waals surface area contributed by atoms with E-state index in [2.05, 4.69) is 4.72 Å². The molecule has 1 aromatic heterocycles. The Morgan fingerprint density at radius 1 is 1.23 bits per heavy atom. The molecular weight excluding hydrogens is 362 g/mol. The fraction of sp³-hybridized carbons (Fsp3) is 0.294. The molecule has 1 aliphatic carbocycles. The summed E-state index contributed by atoms with van der Waals surface area (Å²) in [5, 5.41) is -0.365. The molecule has 9 heteroatoms. The van der Waals surface area contributed by atoms with E-state index in [1.54, 1.807) is 18.2 Å². The highest BCUT2D eigenvalue weighted by Crippen LogP contribution is 2.23. The number of sulfonamides is 1. The highest BCUT2D eigenvalue weighted by molar-refractivity contribution is 7.89. The summed E-state index contributed by atoms with van der Waals surface area (Å²) in [4.78, 5) is 24.0. The van der Waals surface area contributed by atoms with Crippen LogP contribution in [0.15, 0.2) is 45.9 Å². The second-order valence-corrected chi connectivity index (χ2v) is 7.39. The number of ether oxygens (including phenoxy) is 2. The molecule has 0 amide bonds. The molecule has 8 nitrogen and oxygen atoms in total. The molecule has 0 spiro atoms. The van der Waals surface area contributed by atoms with Crippen LogP contribution in [0.4, 0.5) is 0 Å². The third-order valence-corrected chi connectivity index (χ3v) is 5.07. The van der Waals surface area contributed by atoms with Crippen molar-refractivity contribution in [1.29, 1.82) is 0 Å². The first kappa shape index (κ1) is 18.2. The van der Waals surface area contributed by atoms with Gasteiger partial charge >= 0.3 is 5.97 Å². The molecule has 138 valence electrons. The van der Waals surface area contributed by atoms with E-state index in [0.717, 1.165) is 12.8 Å². The summed E-state index contributed by atoms with van der Waals surface area (Å²) in [6.45, 7) is -0.505. The Balaban J connectivity index is 1.60. The summed E-state index contributed by atoms with van der Waals surface area (Å²) in [5.41, 5.74) is 0.327. The van der Waals surface area contributed by atoms with Gasteiger partial charge in [0.25, 0.3) is 10.0 Å². The largest absolute Gasteiger partial charge is 0.497 e. The van der Waals surface area contributed by atoms with Crippen molar-refractivity contribution in [2.45, 2.75) is 24.0 Å². The highest BCUT2D eigenvalue weighted by Gasteiger charge is 2.30. The Morgan fingerprint density at radius 2 is 2.00 bits per heavy atom. The molecule has 1 saturated carbocycles. The van der Waals surface area contributed by atoms with Gasteiger partial charge in [0, 0.05) is 11.6 Å². The maximum Gasteiger partial charge on any atom is 0.374 e. The second kappa shape index (κ2) is 7.30. The van der Waals surface area contributed by atoms with Gasteiger partial charge in [-0.2, -0.15) is 0 Å². The SMILES string of the molecule is COc1cccc(C(=O)COC(=O)c2ccc(S(=O)(=O)NC3CC3)o2)c1. The second-order valence-electron chi connectivity index (χ2n) is 5.75. The Kier molecular flexibility index (Phi) is 5.10. The smallest absolute Gasteiger partial charge is 0.374 e. The van der Waals surface area contributed by atoms with Gasteiger partial charge in [-0.15, -0.1) is 0 Å². The van der Waals surface area contributed by atoms with E-state index in [1.807, 2.05) is 0 Å². The number of carbonyl (C=O) groups excluding carboxylic acids is 2. The molecule has 0 saturated heterocycles. The monoisotopic (exact) mass is 379 g/mol. The molecule has 0 aliphatic heterocycles. The van der Waals surface area contributed by atoms with Crippen molar-refractivity contribution in [2.24, 2.45) is 0 Å². The lowest BCUT2D eigenvalue weighted by Gasteiger charge is -2.05. The number of nitrogens with one attached hydrogen (secondary N) is 1. The van der Waals surface area contributed by atoms with E-state index in [9.17, 15) is 18.0 Å². The van der Waals surface area contributed by atoms with Crippen LogP contribution in [-0.2, 0) is 14.8 Å². The zero-order chi connectivity index (χ0) is 18.7. The lowest BCUT2D eigenvalue weighted by molar-refractivity contribution is 0.0438. The number of Topliss-reactive ketones (excluding diaryl/α,β-unsaturated/α-hetero) is 1. The van der Waals surface area contributed by atoms with E-state index >= 15 is 0 Å². The number of esters is 1. The van der Waals surface area contributed by atoms with Crippen molar-refractivity contribution in [3.63, 3.8) is 0 Å². The summed E-state index contributed by atoms with van der Waals surface area (Å²) < 4.78 is 41.4. The van der Waals surface area contributed by atoms with Crippen LogP contribution in [0.5, 0.6) is 5.75 Å². The lowest BCUT2D eigenvalue weighted by Crippen LogP contribution is -2.25. The van der Waals surface area contributed by atoms with E-state index in [4.69, 9.17) is 13.9 Å². The number of carbonyl (C=O) groups is 2. The van der Waals surface area contributed by atoms with E-state index in [1.165, 1.54) is 25.3 Å². The quantitative estimate of drug-likeness (QED) is 0.549. The zero-order valence-electron chi connectivity index (χ0n) is 13.9. The molecule has 0 radical (unpaired) electrons. The number of hydrogen-bond donors (Lipinski definition) is 1. The van der Waals surface area contributed by atoms with Gasteiger partial charge in [-0.3, -0.25) is 4.79 Å². The molecule has 3 rings (SSSR count). The van der Waals surface area contributed by atoms with Crippen LogP contribution in [0.3, 0.4) is 0 Å². The number of ketones is 1. The van der Waals surface area contributed by atoms with Crippen molar-refractivity contribution in [1.82, 2.24) is 4.72 Å². The first-order valence-corrected chi connectivity index (χ1v) is 9.34. The highest BCUT2D eigenvalue weighted by atomic mass is 32.2. The number of methoxy groups -OCH3 is 1. The first-order valence-electron chi connectivity index (χ1n) is 7.85. The minimum absolute atomic E-state index is 0.0824. The topological polar surface area (TPSA) is 112 Å². The number of furan rings is 1. The van der Waals surface area contributed by atoms with Crippen molar-refractivity contribution in [3.8, 4) is 5.75 Å². The molecule has 1 N–H and O–H groups in total. The van der Waals surface area contributed by atoms with Gasteiger partial charge in [-0.25, -0.2) is 17.9 Å². The summed E-state index contributed by atoms with van der Waals surface area (Å²) in [7, 11) is -2.32. The summed E-state index contributed by atoms with van der Waals surface area (Å²) in [6, 6.07) is 8.71. The molecular formula is C17H17NO7S. The Bertz CT molecular complexity index is 928. The molecule has 0 bridgehead atoms. The van der Waals surface area contributed by atoms with Crippen molar-refractivity contribution in [2.75, 3.05) is 13.7 Å². The molecule has 2 aromatic rings. The third-order valence-electron chi connectivity index (χ3n) is 3.67. The first-order chi connectivity index (χ1) is 12.4. The molecule has 26 heavy (non-hydrogen) atoms. The van der Waals surface area contributed by atoms with Crippen LogP contribution in [-0.4, -0.2) is 39.9 Å². The molecule has 1 aromatic carbocycles. The molecule has 0 unspecified atom stereocenters. The van der Waals surface area contributed by atoms with E-state index < -0.39 is 28.4 Å². The maximum absolute atomic E-state index is 12.1. The predicted octanol–water partition coefficient (Wildman–Crippen LogP) is 1.77. The molecule has 1 heterocycles. The number of benzene rings is 1. The number of rotatable bonds is 8. The Morgan fingerprint density at radius 3 is 2.69 bits per heavy atom. The zero-order valence-corrected chi connectivity index (χ0v) is 14.7. The molecule has 1 fully saturated rings. The van der Waals surface area contributed by atoms with E-state index in [-0.39, 0.29) is 16.9 Å². The van der Waals surface area contributed by atoms with Gasteiger partial charge in [0.1, 0.15) is 5.75 Å². The predicted molar refractivity (Wildman–Crippen MR) is 89.7 cm³/mol. The van der Waals surface area contributed by atoms with Gasteiger partial charge < -0.3 is 13.9 Å². The van der Waals surface area contributed by atoms with E-state index in [0.29, 0.717) is 11.3 Å². The Hall–Kier alpha value is -2.65. The van der Waals surface area contributed by atoms with Crippen molar-refractivity contribution in [3.05, 3.63) is 47.7 Å². The molecule has 0 atom stereocenters. The van der Waals surface area contributed by atoms with Gasteiger partial charge in [-0.05, 0) is 37.1 Å². The summed E-state index contributed by atoms with van der Waals surface area (Å²) >= 11 is 0. The Labute approximate surface area is 150 Å². The van der Waals surface area contributed by atoms with Gasteiger partial charge in [0.2, 0.25) is 10.9 Å². The lowest BCUT2D eigenvalue weighted by atomic mass is 10.1. The maximum atomic E-state index is 12.1. The average Bonchev–Trinajstić information content (AvgIpc) is 3.28. The van der Waals surface area contributed by atoms with Gasteiger partial charge in [0.05, 0.1) is 7.11 Å². The van der Waals surface area contributed by atoms with Crippen LogP contribution in [0.1, 0.15) is 33.8 Å². The van der Waals surface area contributed by atoms with Gasteiger partial charge in [0.15, 0.2) is 12.4 Å². The third kappa shape index (κ3) is 4.30. The van der Waals surface area contributed by atoms with Crippen LogP contribution < -0.4 is 9.46 Å². The fourth-order valence-corrected chi connectivity index (χ4v) is 3.37. The minimum atomic E-state index is -3.80. The minimum Gasteiger partial charge on any atom is -0.497 e. The van der Waals surface area contributed by atoms with Crippen molar-refractivity contribution >= 4 is 21.8 Å². The normalized spacial score (nSPS) is 14.0. The summed E-state index contributed by atoms with van der Waals surface area (Å²) in [5.74, 6) is -1.13. The fourth-order valence-electron chi connectivity index (χ4n) is 2.14. The molecule has 1 aliphatic rings. The van der Waals surface area contributed by atoms with Crippen LogP contribution in [0.2, 0.25) is 0 Å². The standard InChI is InChI=1S/C17H17NO7S/c1-23-13-4-2-3-11(9-13)14(19)10-24-17(20)15-7-8-16(25-15)26(21,22)18-12-5-6-12/h2-4,7-9,12,18H,5-6,10H2,1H3. The average molecular weight is 379 g/mol. The summed E-state index contributed by atoms with van der Waals surface area (Å²) in [6.07, 6.45) is 1.56. The van der Waals surface area contributed by atoms with Crippen LogP contribution in [0.25, 0.3) is 0 Å². The van der Waals surface area contributed by atoms with Crippen molar-refractivity contribution < 1.29 is 31.9 Å². The number of hydrogen-bond acceptors (Lipinski definition) is 7. The van der Waals surface area contributed by atoms with Crippen LogP contribution >= 0.6 is 0 Å².